The fraction of sp³-hybridized carbons (Fsp3) is 0.296. The molecule has 1 fully saturated rings. The molecule has 5 heteroatoms. The van der Waals surface area contributed by atoms with E-state index < -0.39 is 0 Å². The van der Waals surface area contributed by atoms with Crippen LogP contribution in [0.15, 0.2) is 84.9 Å². The molecule has 1 saturated heterocycles. The van der Waals surface area contributed by atoms with Gasteiger partial charge in [-0.2, -0.15) is 0 Å². The van der Waals surface area contributed by atoms with Crippen molar-refractivity contribution in [2.75, 3.05) is 38.0 Å². The standard InChI is InChI=1S/C27H31N3O2/c31-27(21-30-17-7-16-29(18-19-30)20-23-8-3-1-4-9-23)28-25-12-14-26(15-13-25)32-22-24-10-5-2-6-11-24/h1-6,8-15H,7,16-22H2,(H,28,31). The summed E-state index contributed by atoms with van der Waals surface area (Å²) < 4.78 is 5.81. The molecule has 32 heavy (non-hydrogen) atoms. The van der Waals surface area contributed by atoms with Gasteiger partial charge in [0.15, 0.2) is 0 Å². The monoisotopic (exact) mass is 429 g/mol. The molecule has 4 rings (SSSR count). The summed E-state index contributed by atoms with van der Waals surface area (Å²) in [5.74, 6) is 0.817. The molecule has 0 aliphatic carbocycles. The molecule has 1 heterocycles. The molecular formula is C27H31N3O2. The van der Waals surface area contributed by atoms with Crippen LogP contribution in [0, 0.1) is 0 Å². The molecule has 166 valence electrons. The quantitative estimate of drug-likeness (QED) is 0.576. The van der Waals surface area contributed by atoms with E-state index in [1.165, 1.54) is 5.56 Å². The van der Waals surface area contributed by atoms with Crippen molar-refractivity contribution in [2.24, 2.45) is 0 Å². The second-order valence-corrected chi connectivity index (χ2v) is 8.24. The number of nitrogens with one attached hydrogen (secondary N) is 1. The molecule has 0 unspecified atom stereocenters. The van der Waals surface area contributed by atoms with Crippen molar-refractivity contribution < 1.29 is 9.53 Å². The minimum atomic E-state index is 0.0273. The molecule has 3 aromatic rings. The van der Waals surface area contributed by atoms with Gasteiger partial charge >= 0.3 is 0 Å². The highest BCUT2D eigenvalue weighted by Crippen LogP contribution is 2.17. The van der Waals surface area contributed by atoms with Crippen molar-refractivity contribution in [3.63, 3.8) is 0 Å². The van der Waals surface area contributed by atoms with Gasteiger partial charge in [-0.25, -0.2) is 0 Å². The topological polar surface area (TPSA) is 44.8 Å². The third kappa shape index (κ3) is 6.94. The van der Waals surface area contributed by atoms with E-state index in [9.17, 15) is 4.79 Å². The normalized spacial score (nSPS) is 15.1. The molecule has 0 bridgehead atoms. The summed E-state index contributed by atoms with van der Waals surface area (Å²) in [6.07, 6.45) is 1.08. The molecule has 0 aromatic heterocycles. The van der Waals surface area contributed by atoms with E-state index in [1.54, 1.807) is 0 Å². The summed E-state index contributed by atoms with van der Waals surface area (Å²) in [5.41, 5.74) is 3.27. The molecule has 0 spiro atoms. The number of benzene rings is 3. The second kappa shape index (κ2) is 11.5. The lowest BCUT2D eigenvalue weighted by Crippen LogP contribution is -2.36. The van der Waals surface area contributed by atoms with Crippen LogP contribution in [-0.4, -0.2) is 48.4 Å². The average Bonchev–Trinajstić information content (AvgIpc) is 3.05. The minimum Gasteiger partial charge on any atom is -0.489 e. The van der Waals surface area contributed by atoms with Crippen LogP contribution in [-0.2, 0) is 17.9 Å². The van der Waals surface area contributed by atoms with Gasteiger partial charge in [-0.3, -0.25) is 14.6 Å². The Morgan fingerprint density at radius 2 is 1.38 bits per heavy atom. The van der Waals surface area contributed by atoms with Crippen molar-refractivity contribution in [3.8, 4) is 5.75 Å². The summed E-state index contributed by atoms with van der Waals surface area (Å²) >= 11 is 0. The smallest absolute Gasteiger partial charge is 0.238 e. The molecule has 0 saturated carbocycles. The highest BCUT2D eigenvalue weighted by molar-refractivity contribution is 5.92. The molecule has 0 radical (unpaired) electrons. The van der Waals surface area contributed by atoms with Crippen molar-refractivity contribution >= 4 is 11.6 Å². The molecule has 1 amide bonds. The fourth-order valence-corrected chi connectivity index (χ4v) is 3.96. The number of rotatable bonds is 8. The lowest BCUT2D eigenvalue weighted by Gasteiger charge is -2.21. The molecular weight excluding hydrogens is 398 g/mol. The number of hydrogen-bond acceptors (Lipinski definition) is 4. The maximum absolute atomic E-state index is 12.6. The zero-order valence-corrected chi connectivity index (χ0v) is 18.5. The first kappa shape index (κ1) is 22.1. The van der Waals surface area contributed by atoms with Crippen molar-refractivity contribution in [1.29, 1.82) is 0 Å². The maximum atomic E-state index is 12.6. The number of nitrogens with zero attached hydrogens (tertiary/aromatic N) is 2. The van der Waals surface area contributed by atoms with Crippen LogP contribution in [0.3, 0.4) is 0 Å². The van der Waals surface area contributed by atoms with Crippen LogP contribution in [0.25, 0.3) is 0 Å². The Kier molecular flexibility index (Phi) is 7.90. The van der Waals surface area contributed by atoms with E-state index in [4.69, 9.17) is 4.74 Å². The summed E-state index contributed by atoms with van der Waals surface area (Å²) in [7, 11) is 0. The van der Waals surface area contributed by atoms with Crippen LogP contribution < -0.4 is 10.1 Å². The molecule has 5 nitrogen and oxygen atoms in total. The van der Waals surface area contributed by atoms with Gasteiger partial charge in [0.2, 0.25) is 5.91 Å². The van der Waals surface area contributed by atoms with E-state index in [0.29, 0.717) is 13.2 Å². The number of hydrogen-bond donors (Lipinski definition) is 1. The number of carbonyl (C=O) groups excluding carboxylic acids is 1. The molecule has 0 atom stereocenters. The van der Waals surface area contributed by atoms with Crippen molar-refractivity contribution in [2.45, 2.75) is 19.6 Å². The van der Waals surface area contributed by atoms with Crippen LogP contribution in [0.1, 0.15) is 17.5 Å². The van der Waals surface area contributed by atoms with Crippen LogP contribution >= 0.6 is 0 Å². The maximum Gasteiger partial charge on any atom is 0.238 e. The molecule has 3 aromatic carbocycles. The Morgan fingerprint density at radius 3 is 2.09 bits per heavy atom. The highest BCUT2D eigenvalue weighted by atomic mass is 16.5. The average molecular weight is 430 g/mol. The SMILES string of the molecule is O=C(CN1CCCN(Cc2ccccc2)CC1)Nc1ccc(OCc2ccccc2)cc1. The largest absolute Gasteiger partial charge is 0.489 e. The number of anilines is 1. The van der Waals surface area contributed by atoms with Gasteiger partial charge in [-0.05, 0) is 54.9 Å². The third-order valence-electron chi connectivity index (χ3n) is 5.68. The summed E-state index contributed by atoms with van der Waals surface area (Å²) in [5, 5.41) is 3.01. The van der Waals surface area contributed by atoms with Crippen molar-refractivity contribution in [1.82, 2.24) is 9.80 Å². The Morgan fingerprint density at radius 1 is 0.750 bits per heavy atom. The highest BCUT2D eigenvalue weighted by Gasteiger charge is 2.17. The first-order chi connectivity index (χ1) is 15.7. The Hall–Kier alpha value is -3.15. The fourth-order valence-electron chi connectivity index (χ4n) is 3.96. The van der Waals surface area contributed by atoms with Gasteiger partial charge in [0, 0.05) is 25.3 Å². The predicted octanol–water partition coefficient (Wildman–Crippen LogP) is 4.41. The number of carbonyl (C=O) groups is 1. The van der Waals surface area contributed by atoms with Crippen LogP contribution in [0.5, 0.6) is 5.75 Å². The second-order valence-electron chi connectivity index (χ2n) is 8.24. The first-order valence-electron chi connectivity index (χ1n) is 11.3. The first-order valence-corrected chi connectivity index (χ1v) is 11.3. The minimum absolute atomic E-state index is 0.0273. The van der Waals surface area contributed by atoms with E-state index in [-0.39, 0.29) is 5.91 Å². The zero-order chi connectivity index (χ0) is 22.0. The molecule has 1 aliphatic rings. The summed E-state index contributed by atoms with van der Waals surface area (Å²) in [6.45, 7) is 5.83. The molecule has 1 aliphatic heterocycles. The summed E-state index contributed by atoms with van der Waals surface area (Å²) in [4.78, 5) is 17.3. The Balaban J connectivity index is 1.20. The van der Waals surface area contributed by atoms with E-state index in [2.05, 4.69) is 45.4 Å². The lowest BCUT2D eigenvalue weighted by molar-refractivity contribution is -0.117. The van der Waals surface area contributed by atoms with Gasteiger partial charge in [-0.1, -0.05) is 60.7 Å². The van der Waals surface area contributed by atoms with Crippen LogP contribution in [0.2, 0.25) is 0 Å². The van der Waals surface area contributed by atoms with Gasteiger partial charge in [0.05, 0.1) is 6.54 Å². The Bertz CT molecular complexity index is 961. The van der Waals surface area contributed by atoms with E-state index in [0.717, 1.165) is 56.1 Å². The third-order valence-corrected chi connectivity index (χ3v) is 5.68. The predicted molar refractivity (Wildman–Crippen MR) is 129 cm³/mol. The van der Waals surface area contributed by atoms with Gasteiger partial charge in [-0.15, -0.1) is 0 Å². The van der Waals surface area contributed by atoms with E-state index in [1.807, 2.05) is 54.6 Å². The number of ether oxygens (including phenoxy) is 1. The van der Waals surface area contributed by atoms with Gasteiger partial charge in [0.1, 0.15) is 12.4 Å². The lowest BCUT2D eigenvalue weighted by atomic mass is 10.2. The van der Waals surface area contributed by atoms with Gasteiger partial charge < -0.3 is 10.1 Å². The zero-order valence-electron chi connectivity index (χ0n) is 18.5. The van der Waals surface area contributed by atoms with E-state index >= 15 is 0 Å². The molecule has 1 N–H and O–H groups in total. The number of amides is 1. The Labute approximate surface area is 190 Å². The van der Waals surface area contributed by atoms with Crippen molar-refractivity contribution in [3.05, 3.63) is 96.1 Å². The van der Waals surface area contributed by atoms with Crippen LogP contribution in [0.4, 0.5) is 5.69 Å². The van der Waals surface area contributed by atoms with Gasteiger partial charge in [0.25, 0.3) is 0 Å². The summed E-state index contributed by atoms with van der Waals surface area (Å²) in [6, 6.07) is 28.2.